The highest BCUT2D eigenvalue weighted by atomic mass is 127. The molecule has 1 aromatic carbocycles. The van der Waals surface area contributed by atoms with E-state index in [1.54, 1.807) is 11.1 Å². The highest BCUT2D eigenvalue weighted by Crippen LogP contribution is 2.43. The summed E-state index contributed by atoms with van der Waals surface area (Å²) in [6.07, 6.45) is 2.70. The third kappa shape index (κ3) is 2.47. The van der Waals surface area contributed by atoms with E-state index in [0.29, 0.717) is 0 Å². The smallest absolute Gasteiger partial charge is 0.0178 e. The van der Waals surface area contributed by atoms with Crippen LogP contribution in [0.15, 0.2) is 22.7 Å². The van der Waals surface area contributed by atoms with Crippen molar-refractivity contribution in [3.05, 3.63) is 33.8 Å². The van der Waals surface area contributed by atoms with Gasteiger partial charge in [0.2, 0.25) is 0 Å². The van der Waals surface area contributed by atoms with Crippen LogP contribution < -0.4 is 0 Å². The van der Waals surface area contributed by atoms with E-state index in [1.807, 2.05) is 0 Å². The molecule has 88 valence electrons. The van der Waals surface area contributed by atoms with Crippen molar-refractivity contribution in [2.75, 3.05) is 4.43 Å². The highest BCUT2D eigenvalue weighted by Gasteiger charge is 2.27. The molecule has 0 bridgehead atoms. The van der Waals surface area contributed by atoms with Gasteiger partial charge in [0.15, 0.2) is 0 Å². The Morgan fingerprint density at radius 1 is 1.38 bits per heavy atom. The fourth-order valence-corrected chi connectivity index (χ4v) is 3.74. The van der Waals surface area contributed by atoms with E-state index < -0.39 is 0 Å². The lowest BCUT2D eigenvalue weighted by atomic mass is 9.73. The first-order chi connectivity index (χ1) is 7.63. The normalized spacial score (nSPS) is 26.2. The van der Waals surface area contributed by atoms with Crippen molar-refractivity contribution in [1.82, 2.24) is 0 Å². The van der Waals surface area contributed by atoms with Crippen LogP contribution in [-0.2, 0) is 0 Å². The standard InChI is InChI=1S/C14H18BrI/c1-9-3-5-12(10(2)8-16)13-6-4-11(15)7-14(9)13/h4,6-7,9-10,12H,3,5,8H2,1-2H3/t9-,10?,12-/m1/s1. The van der Waals surface area contributed by atoms with Gasteiger partial charge in [-0.15, -0.1) is 0 Å². The van der Waals surface area contributed by atoms with Gasteiger partial charge in [-0.3, -0.25) is 0 Å². The maximum absolute atomic E-state index is 3.59. The fraction of sp³-hybridized carbons (Fsp3) is 0.571. The Morgan fingerprint density at radius 2 is 2.12 bits per heavy atom. The van der Waals surface area contributed by atoms with E-state index in [-0.39, 0.29) is 0 Å². The van der Waals surface area contributed by atoms with Gasteiger partial charge in [0.05, 0.1) is 0 Å². The van der Waals surface area contributed by atoms with Gasteiger partial charge in [0.25, 0.3) is 0 Å². The number of hydrogen-bond acceptors (Lipinski definition) is 0. The van der Waals surface area contributed by atoms with Crippen LogP contribution in [0.4, 0.5) is 0 Å². The van der Waals surface area contributed by atoms with Crippen LogP contribution in [0.1, 0.15) is 49.7 Å². The summed E-state index contributed by atoms with van der Waals surface area (Å²) in [5.41, 5.74) is 3.17. The zero-order valence-corrected chi connectivity index (χ0v) is 13.6. The SMILES string of the molecule is CC(CI)[C@H]1CC[C@@H](C)c2cc(Br)ccc21. The minimum absolute atomic E-state index is 0.727. The molecule has 0 saturated heterocycles. The van der Waals surface area contributed by atoms with E-state index in [2.05, 4.69) is 70.6 Å². The summed E-state index contributed by atoms with van der Waals surface area (Å²) < 4.78 is 2.48. The van der Waals surface area contributed by atoms with E-state index in [1.165, 1.54) is 21.7 Å². The molecule has 0 heterocycles. The maximum atomic E-state index is 3.59. The second-order valence-electron chi connectivity index (χ2n) is 4.99. The number of fused-ring (bicyclic) bond motifs is 1. The van der Waals surface area contributed by atoms with Crippen LogP contribution in [-0.4, -0.2) is 4.43 Å². The van der Waals surface area contributed by atoms with Crippen LogP contribution in [0.5, 0.6) is 0 Å². The number of rotatable bonds is 2. The molecule has 3 atom stereocenters. The van der Waals surface area contributed by atoms with Crippen LogP contribution in [0.2, 0.25) is 0 Å². The van der Waals surface area contributed by atoms with E-state index in [0.717, 1.165) is 17.8 Å². The Labute approximate surface area is 120 Å². The highest BCUT2D eigenvalue weighted by molar-refractivity contribution is 14.1. The lowest BCUT2D eigenvalue weighted by molar-refractivity contribution is 0.418. The number of benzene rings is 1. The van der Waals surface area contributed by atoms with E-state index >= 15 is 0 Å². The van der Waals surface area contributed by atoms with Crippen molar-refractivity contribution >= 4 is 38.5 Å². The monoisotopic (exact) mass is 392 g/mol. The molecule has 1 unspecified atom stereocenters. The van der Waals surface area contributed by atoms with Gasteiger partial charge in [-0.1, -0.05) is 58.4 Å². The molecule has 0 aliphatic heterocycles. The van der Waals surface area contributed by atoms with Crippen molar-refractivity contribution < 1.29 is 0 Å². The summed E-state index contributed by atoms with van der Waals surface area (Å²) in [6.45, 7) is 4.75. The number of alkyl halides is 1. The summed E-state index contributed by atoms with van der Waals surface area (Å²) >= 11 is 6.11. The van der Waals surface area contributed by atoms with Gasteiger partial charge in [0, 0.05) is 8.90 Å². The Kier molecular flexibility index (Phi) is 4.33. The number of halogens is 2. The first kappa shape index (κ1) is 12.9. The summed E-state index contributed by atoms with van der Waals surface area (Å²) in [5, 5.41) is 0. The van der Waals surface area contributed by atoms with Crippen molar-refractivity contribution in [3.8, 4) is 0 Å². The molecule has 0 saturated carbocycles. The van der Waals surface area contributed by atoms with Gasteiger partial charge >= 0.3 is 0 Å². The van der Waals surface area contributed by atoms with Crippen LogP contribution in [0.25, 0.3) is 0 Å². The Hall–Kier alpha value is 0.430. The van der Waals surface area contributed by atoms with Gasteiger partial charge in [-0.2, -0.15) is 0 Å². The topological polar surface area (TPSA) is 0 Å². The van der Waals surface area contributed by atoms with Gasteiger partial charge < -0.3 is 0 Å². The Balaban J connectivity index is 2.40. The molecule has 1 aliphatic rings. The predicted molar refractivity (Wildman–Crippen MR) is 82.6 cm³/mol. The third-order valence-electron chi connectivity index (χ3n) is 3.82. The second kappa shape index (κ2) is 5.38. The molecule has 0 nitrogen and oxygen atoms in total. The van der Waals surface area contributed by atoms with E-state index in [9.17, 15) is 0 Å². The molecule has 1 aromatic rings. The molecular weight excluding hydrogens is 375 g/mol. The van der Waals surface area contributed by atoms with Gasteiger partial charge in [-0.05, 0) is 53.9 Å². The molecule has 2 heteroatoms. The zero-order valence-electron chi connectivity index (χ0n) is 9.84. The Bertz CT molecular complexity index is 375. The average molecular weight is 393 g/mol. The zero-order chi connectivity index (χ0) is 11.7. The molecule has 0 radical (unpaired) electrons. The maximum Gasteiger partial charge on any atom is 0.0178 e. The molecule has 0 spiro atoms. The van der Waals surface area contributed by atoms with Gasteiger partial charge in [-0.25, -0.2) is 0 Å². The van der Waals surface area contributed by atoms with Crippen LogP contribution in [0.3, 0.4) is 0 Å². The summed E-state index contributed by atoms with van der Waals surface area (Å²) in [4.78, 5) is 0. The van der Waals surface area contributed by atoms with Crippen LogP contribution >= 0.6 is 38.5 Å². The van der Waals surface area contributed by atoms with Crippen LogP contribution in [0, 0.1) is 5.92 Å². The first-order valence-electron chi connectivity index (χ1n) is 5.98. The quantitative estimate of drug-likeness (QED) is 0.460. The molecule has 0 aromatic heterocycles. The predicted octanol–water partition coefficient (Wildman–Crippen LogP) is 5.50. The summed E-state index contributed by atoms with van der Waals surface area (Å²) in [6, 6.07) is 6.86. The van der Waals surface area contributed by atoms with Crippen molar-refractivity contribution in [2.45, 2.75) is 38.5 Å². The molecule has 0 fully saturated rings. The lowest BCUT2D eigenvalue weighted by Crippen LogP contribution is -2.19. The summed E-state index contributed by atoms with van der Waals surface area (Å²) in [7, 11) is 0. The summed E-state index contributed by atoms with van der Waals surface area (Å²) in [5.74, 6) is 2.30. The third-order valence-corrected chi connectivity index (χ3v) is 5.70. The number of hydrogen-bond donors (Lipinski definition) is 0. The Morgan fingerprint density at radius 3 is 2.81 bits per heavy atom. The second-order valence-corrected chi connectivity index (χ2v) is 6.79. The van der Waals surface area contributed by atoms with Crippen molar-refractivity contribution in [2.24, 2.45) is 5.92 Å². The molecule has 0 N–H and O–H groups in total. The van der Waals surface area contributed by atoms with Crippen molar-refractivity contribution in [1.29, 1.82) is 0 Å². The van der Waals surface area contributed by atoms with Gasteiger partial charge in [0.1, 0.15) is 0 Å². The van der Waals surface area contributed by atoms with Crippen molar-refractivity contribution in [3.63, 3.8) is 0 Å². The molecule has 16 heavy (non-hydrogen) atoms. The molecule has 0 amide bonds. The molecule has 2 rings (SSSR count). The lowest BCUT2D eigenvalue weighted by Gasteiger charge is -2.33. The average Bonchev–Trinajstić information content (AvgIpc) is 2.29. The molecule has 1 aliphatic carbocycles. The minimum atomic E-state index is 0.727. The largest absolute Gasteiger partial charge is 0.0861 e. The molecular formula is C14H18BrI. The first-order valence-corrected chi connectivity index (χ1v) is 8.30. The minimum Gasteiger partial charge on any atom is -0.0861 e. The van der Waals surface area contributed by atoms with E-state index in [4.69, 9.17) is 0 Å². The fourth-order valence-electron chi connectivity index (χ4n) is 2.75.